The molecule has 3 aromatic rings. The molecule has 0 aliphatic heterocycles. The van der Waals surface area contributed by atoms with Gasteiger partial charge in [0.25, 0.3) is 0 Å². The molecular weight excluding hydrogens is 404 g/mol. The summed E-state index contributed by atoms with van der Waals surface area (Å²) in [7, 11) is 0. The molecule has 3 rings (SSSR count). The van der Waals surface area contributed by atoms with Gasteiger partial charge in [0.15, 0.2) is 5.82 Å². The molecule has 0 atom stereocenters. The molecule has 33 heavy (non-hydrogen) atoms. The summed E-state index contributed by atoms with van der Waals surface area (Å²) in [5.41, 5.74) is 4.82. The van der Waals surface area contributed by atoms with E-state index in [0.29, 0.717) is 6.61 Å². The van der Waals surface area contributed by atoms with Crippen LogP contribution < -0.4 is 4.74 Å². The van der Waals surface area contributed by atoms with Crippen molar-refractivity contribution in [3.63, 3.8) is 0 Å². The van der Waals surface area contributed by atoms with Crippen LogP contribution in [0.15, 0.2) is 60.9 Å². The van der Waals surface area contributed by atoms with Crippen molar-refractivity contribution in [2.75, 3.05) is 0 Å². The molecule has 0 amide bonds. The molecule has 0 aliphatic rings. The highest BCUT2D eigenvalue weighted by atomic mass is 16.5. The van der Waals surface area contributed by atoms with Gasteiger partial charge in [0.2, 0.25) is 0 Å². The van der Waals surface area contributed by atoms with E-state index in [9.17, 15) is 0 Å². The second kappa shape index (κ2) is 14.5. The molecule has 1 aromatic heterocycles. The molecule has 0 radical (unpaired) electrons. The highest BCUT2D eigenvalue weighted by Gasteiger charge is 2.04. The predicted octanol–water partition coefficient (Wildman–Crippen LogP) is 8.36. The zero-order valence-corrected chi connectivity index (χ0v) is 20.6. The van der Waals surface area contributed by atoms with Gasteiger partial charge >= 0.3 is 0 Å². The highest BCUT2D eigenvalue weighted by Crippen LogP contribution is 2.21. The number of hydrogen-bond donors (Lipinski definition) is 0. The first-order chi connectivity index (χ1) is 16.3. The molecule has 176 valence electrons. The van der Waals surface area contributed by atoms with Gasteiger partial charge in [-0.15, -0.1) is 0 Å². The average Bonchev–Trinajstić information content (AvgIpc) is 2.86. The first kappa shape index (κ1) is 25.0. The summed E-state index contributed by atoms with van der Waals surface area (Å²) in [6.45, 7) is 5.06. The molecular formula is C30H40N2O. The largest absolute Gasteiger partial charge is 0.489 e. The maximum absolute atomic E-state index is 5.95. The van der Waals surface area contributed by atoms with E-state index in [-0.39, 0.29) is 0 Å². The fourth-order valence-corrected chi connectivity index (χ4v) is 4.05. The van der Waals surface area contributed by atoms with E-state index in [0.717, 1.165) is 30.0 Å². The van der Waals surface area contributed by atoms with E-state index in [1.807, 2.05) is 36.7 Å². The van der Waals surface area contributed by atoms with E-state index < -0.39 is 0 Å². The molecule has 0 aliphatic carbocycles. The minimum atomic E-state index is 0.579. The van der Waals surface area contributed by atoms with Crippen molar-refractivity contribution in [3.8, 4) is 17.1 Å². The van der Waals surface area contributed by atoms with Gasteiger partial charge in [0, 0.05) is 18.0 Å². The van der Waals surface area contributed by atoms with Crippen molar-refractivity contribution in [1.29, 1.82) is 0 Å². The van der Waals surface area contributed by atoms with Gasteiger partial charge < -0.3 is 4.74 Å². The van der Waals surface area contributed by atoms with E-state index in [1.165, 1.54) is 74.5 Å². The molecule has 0 bridgehead atoms. The fourth-order valence-electron chi connectivity index (χ4n) is 4.05. The number of aryl methyl sites for hydroxylation is 2. The van der Waals surface area contributed by atoms with E-state index in [2.05, 4.69) is 48.1 Å². The molecule has 3 heteroatoms. The number of benzene rings is 2. The van der Waals surface area contributed by atoms with E-state index >= 15 is 0 Å². The zero-order chi connectivity index (χ0) is 23.1. The minimum Gasteiger partial charge on any atom is -0.489 e. The van der Waals surface area contributed by atoms with Crippen LogP contribution in [0.5, 0.6) is 5.75 Å². The monoisotopic (exact) mass is 444 g/mol. The first-order valence-electron chi connectivity index (χ1n) is 12.9. The highest BCUT2D eigenvalue weighted by molar-refractivity contribution is 5.55. The number of hydrogen-bond acceptors (Lipinski definition) is 3. The van der Waals surface area contributed by atoms with Crippen molar-refractivity contribution in [2.24, 2.45) is 0 Å². The Kier molecular flexibility index (Phi) is 10.9. The van der Waals surface area contributed by atoms with Gasteiger partial charge in [0.05, 0.1) is 0 Å². The van der Waals surface area contributed by atoms with Crippen molar-refractivity contribution in [3.05, 3.63) is 77.6 Å². The Hall–Kier alpha value is -2.68. The van der Waals surface area contributed by atoms with E-state index in [4.69, 9.17) is 4.74 Å². The molecule has 0 N–H and O–H groups in total. The summed E-state index contributed by atoms with van der Waals surface area (Å²) in [5, 5.41) is 0. The lowest BCUT2D eigenvalue weighted by Crippen LogP contribution is -1.96. The SMILES string of the molecule is CCCCCCCCCCc1cnc(-c2ccc(OCc3ccc(CCC)cc3)cc2)nc1. The summed E-state index contributed by atoms with van der Waals surface area (Å²) in [5.74, 6) is 1.63. The van der Waals surface area contributed by atoms with Crippen LogP contribution in [0, 0.1) is 0 Å². The number of unbranched alkanes of at least 4 members (excludes halogenated alkanes) is 7. The fraction of sp³-hybridized carbons (Fsp3) is 0.467. The van der Waals surface area contributed by atoms with E-state index in [1.54, 1.807) is 0 Å². The van der Waals surface area contributed by atoms with Crippen LogP contribution in [0.25, 0.3) is 11.4 Å². The normalized spacial score (nSPS) is 11.0. The van der Waals surface area contributed by atoms with Gasteiger partial charge in [0.1, 0.15) is 12.4 Å². The Balaban J connectivity index is 1.40. The Morgan fingerprint density at radius 1 is 0.576 bits per heavy atom. The Bertz CT molecular complexity index is 902. The number of ether oxygens (including phenoxy) is 1. The molecule has 0 fully saturated rings. The Morgan fingerprint density at radius 3 is 1.82 bits per heavy atom. The summed E-state index contributed by atoms with van der Waals surface area (Å²) in [4.78, 5) is 9.18. The lowest BCUT2D eigenvalue weighted by Gasteiger charge is -2.08. The first-order valence-corrected chi connectivity index (χ1v) is 12.9. The third-order valence-electron chi connectivity index (χ3n) is 6.10. The van der Waals surface area contributed by atoms with Crippen LogP contribution in [-0.4, -0.2) is 9.97 Å². The smallest absolute Gasteiger partial charge is 0.159 e. The summed E-state index contributed by atoms with van der Waals surface area (Å²) in [6, 6.07) is 16.8. The standard InChI is InChI=1S/C30H40N2O/c1-3-5-6-7-8-9-10-11-13-27-22-31-30(32-23-27)28-18-20-29(21-19-28)33-24-26-16-14-25(12-4-2)15-17-26/h14-23H,3-13,24H2,1-2H3. The number of rotatable bonds is 15. The second-order valence-corrected chi connectivity index (χ2v) is 9.02. The molecule has 1 heterocycles. The zero-order valence-electron chi connectivity index (χ0n) is 20.6. The third-order valence-corrected chi connectivity index (χ3v) is 6.10. The van der Waals surface area contributed by atoms with Crippen LogP contribution in [0.3, 0.4) is 0 Å². The number of aromatic nitrogens is 2. The molecule has 0 saturated carbocycles. The van der Waals surface area contributed by atoms with Gasteiger partial charge in [-0.25, -0.2) is 9.97 Å². The number of nitrogens with zero attached hydrogens (tertiary/aromatic N) is 2. The lowest BCUT2D eigenvalue weighted by molar-refractivity contribution is 0.306. The second-order valence-electron chi connectivity index (χ2n) is 9.02. The van der Waals surface area contributed by atoms with Crippen LogP contribution in [0.4, 0.5) is 0 Å². The van der Waals surface area contributed by atoms with Gasteiger partial charge in [-0.1, -0.05) is 89.5 Å². The van der Waals surface area contributed by atoms with Crippen LogP contribution in [0.2, 0.25) is 0 Å². The van der Waals surface area contributed by atoms with Crippen molar-refractivity contribution in [1.82, 2.24) is 9.97 Å². The van der Waals surface area contributed by atoms with Gasteiger partial charge in [-0.05, 0) is 60.2 Å². The third kappa shape index (κ3) is 9.00. The topological polar surface area (TPSA) is 35.0 Å². The van der Waals surface area contributed by atoms with Crippen molar-refractivity contribution in [2.45, 2.75) is 91.1 Å². The van der Waals surface area contributed by atoms with Crippen molar-refractivity contribution < 1.29 is 4.74 Å². The molecule has 0 spiro atoms. The maximum Gasteiger partial charge on any atom is 0.159 e. The maximum atomic E-state index is 5.95. The lowest BCUT2D eigenvalue weighted by atomic mass is 10.1. The molecule has 3 nitrogen and oxygen atoms in total. The minimum absolute atomic E-state index is 0.579. The predicted molar refractivity (Wildman–Crippen MR) is 139 cm³/mol. The van der Waals surface area contributed by atoms with Crippen LogP contribution in [0.1, 0.15) is 88.3 Å². The molecule has 0 unspecified atom stereocenters. The van der Waals surface area contributed by atoms with Crippen LogP contribution in [-0.2, 0) is 19.4 Å². The quantitative estimate of drug-likeness (QED) is 0.221. The van der Waals surface area contributed by atoms with Gasteiger partial charge in [-0.3, -0.25) is 0 Å². The molecule has 0 saturated heterocycles. The van der Waals surface area contributed by atoms with Crippen molar-refractivity contribution >= 4 is 0 Å². The summed E-state index contributed by atoms with van der Waals surface area (Å²) < 4.78 is 5.95. The van der Waals surface area contributed by atoms with Crippen LogP contribution >= 0.6 is 0 Å². The molecule has 2 aromatic carbocycles. The van der Waals surface area contributed by atoms with Gasteiger partial charge in [-0.2, -0.15) is 0 Å². The summed E-state index contributed by atoms with van der Waals surface area (Å²) >= 11 is 0. The summed E-state index contributed by atoms with van der Waals surface area (Å²) in [6.07, 6.45) is 18.1. The average molecular weight is 445 g/mol. The Morgan fingerprint density at radius 2 is 1.18 bits per heavy atom. The Labute approximate surface area is 200 Å².